The van der Waals surface area contributed by atoms with Crippen LogP contribution in [0.3, 0.4) is 0 Å². The van der Waals surface area contributed by atoms with Gasteiger partial charge in [0.2, 0.25) is 11.7 Å². The van der Waals surface area contributed by atoms with Crippen LogP contribution in [0.2, 0.25) is 5.02 Å². The van der Waals surface area contributed by atoms with Crippen molar-refractivity contribution in [1.29, 1.82) is 0 Å². The molecule has 3 heterocycles. The van der Waals surface area contributed by atoms with Crippen molar-refractivity contribution in [3.63, 3.8) is 0 Å². The molecule has 0 saturated carbocycles. The van der Waals surface area contributed by atoms with E-state index in [4.69, 9.17) is 30.6 Å². The first-order valence-electron chi connectivity index (χ1n) is 10.1. The lowest BCUT2D eigenvalue weighted by molar-refractivity contribution is -0.0817. The highest BCUT2D eigenvalue weighted by Gasteiger charge is 2.32. The smallest absolute Gasteiger partial charge is 0.248 e. The fourth-order valence-corrected chi connectivity index (χ4v) is 3.72. The zero-order valence-electron chi connectivity index (χ0n) is 16.5. The highest BCUT2D eigenvalue weighted by molar-refractivity contribution is 6.30. The van der Waals surface area contributed by atoms with Crippen LogP contribution in [0.5, 0.6) is 0 Å². The quantitative estimate of drug-likeness (QED) is 0.589. The number of ether oxygens (including phenoxy) is 2. The van der Waals surface area contributed by atoms with Gasteiger partial charge >= 0.3 is 0 Å². The van der Waals surface area contributed by atoms with Crippen LogP contribution >= 0.6 is 11.6 Å². The van der Waals surface area contributed by atoms with Crippen LogP contribution in [-0.4, -0.2) is 66.1 Å². The Bertz CT molecular complexity index is 820. The molecule has 1 aromatic carbocycles. The number of benzene rings is 1. The minimum atomic E-state index is 0.0787. The number of nitrogens with zero attached hydrogens (tertiary/aromatic N) is 4. The Morgan fingerprint density at radius 2 is 2.07 bits per heavy atom. The van der Waals surface area contributed by atoms with Crippen LogP contribution in [0.15, 0.2) is 33.8 Å². The van der Waals surface area contributed by atoms with E-state index in [1.807, 2.05) is 12.1 Å². The number of guanidine groups is 1. The molecule has 0 aliphatic carbocycles. The molecule has 0 spiro atoms. The second-order valence-electron chi connectivity index (χ2n) is 7.10. The average Bonchev–Trinajstić information content (AvgIpc) is 3.44. The molecule has 2 fully saturated rings. The summed E-state index contributed by atoms with van der Waals surface area (Å²) in [5.41, 5.74) is 0.855. The predicted octanol–water partition coefficient (Wildman–Crippen LogP) is 2.74. The second-order valence-corrected chi connectivity index (χ2v) is 7.53. The van der Waals surface area contributed by atoms with E-state index < -0.39 is 0 Å². The fraction of sp³-hybridized carbons (Fsp3) is 0.550. The maximum Gasteiger partial charge on any atom is 0.248 e. The first kappa shape index (κ1) is 20.1. The van der Waals surface area contributed by atoms with Crippen LogP contribution in [0.25, 0.3) is 11.4 Å². The van der Waals surface area contributed by atoms with Crippen molar-refractivity contribution in [3.8, 4) is 11.4 Å². The van der Waals surface area contributed by atoms with Crippen LogP contribution in [-0.2, 0) is 16.0 Å². The SMILES string of the molecule is CCNC(=NCc1nc(-c2ccc(Cl)cc2)no1)N1CCOC(C2CCCO2)C1. The van der Waals surface area contributed by atoms with Crippen LogP contribution in [0, 0.1) is 0 Å². The van der Waals surface area contributed by atoms with E-state index in [1.54, 1.807) is 12.1 Å². The molecule has 2 unspecified atom stereocenters. The topological polar surface area (TPSA) is 85.0 Å². The number of morpholine rings is 1. The summed E-state index contributed by atoms with van der Waals surface area (Å²) in [5, 5.41) is 8.07. The van der Waals surface area contributed by atoms with Gasteiger partial charge in [-0.25, -0.2) is 4.99 Å². The van der Waals surface area contributed by atoms with Gasteiger partial charge in [0, 0.05) is 36.8 Å². The lowest BCUT2D eigenvalue weighted by atomic mass is 10.1. The van der Waals surface area contributed by atoms with Crippen molar-refractivity contribution >= 4 is 17.6 Å². The molecular weight excluding hydrogens is 394 g/mol. The molecule has 1 N–H and O–H groups in total. The largest absolute Gasteiger partial charge is 0.375 e. The maximum atomic E-state index is 5.94. The summed E-state index contributed by atoms with van der Waals surface area (Å²) in [6.45, 7) is 6.18. The van der Waals surface area contributed by atoms with E-state index >= 15 is 0 Å². The Morgan fingerprint density at radius 1 is 1.24 bits per heavy atom. The molecular formula is C20H26ClN5O3. The van der Waals surface area contributed by atoms with E-state index in [2.05, 4.69) is 27.3 Å². The van der Waals surface area contributed by atoms with Gasteiger partial charge in [-0.3, -0.25) is 0 Å². The number of rotatable bonds is 5. The molecule has 4 rings (SSSR count). The van der Waals surface area contributed by atoms with Crippen LogP contribution in [0.4, 0.5) is 0 Å². The third-order valence-corrected chi connectivity index (χ3v) is 5.29. The molecule has 0 radical (unpaired) electrons. The van der Waals surface area contributed by atoms with E-state index in [1.165, 1.54) is 0 Å². The summed E-state index contributed by atoms with van der Waals surface area (Å²) >= 11 is 5.93. The summed E-state index contributed by atoms with van der Waals surface area (Å²) < 4.78 is 17.1. The Hall–Kier alpha value is -2.16. The van der Waals surface area contributed by atoms with Gasteiger partial charge in [-0.2, -0.15) is 4.98 Å². The molecule has 8 nitrogen and oxygen atoms in total. The molecule has 156 valence electrons. The van der Waals surface area contributed by atoms with Gasteiger partial charge in [-0.1, -0.05) is 16.8 Å². The molecule has 2 aliphatic heterocycles. The van der Waals surface area contributed by atoms with Crippen LogP contribution in [0.1, 0.15) is 25.7 Å². The molecule has 2 aromatic rings. The predicted molar refractivity (Wildman–Crippen MR) is 110 cm³/mol. The third-order valence-electron chi connectivity index (χ3n) is 5.04. The van der Waals surface area contributed by atoms with Crippen LogP contribution < -0.4 is 5.32 Å². The Kier molecular flexibility index (Phi) is 6.63. The monoisotopic (exact) mass is 419 g/mol. The minimum Gasteiger partial charge on any atom is -0.375 e. The van der Waals surface area contributed by atoms with Gasteiger partial charge in [-0.15, -0.1) is 0 Å². The summed E-state index contributed by atoms with van der Waals surface area (Å²) in [7, 11) is 0. The molecule has 2 atom stereocenters. The highest BCUT2D eigenvalue weighted by atomic mass is 35.5. The Labute approximate surface area is 175 Å². The van der Waals surface area contributed by atoms with Gasteiger partial charge in [-0.05, 0) is 44.0 Å². The standard InChI is InChI=1S/C20H26ClN5O3/c1-2-22-20(26-9-11-28-17(13-26)16-4-3-10-27-16)23-12-18-24-19(25-29-18)14-5-7-15(21)8-6-14/h5-8,16-17H,2-4,9-13H2,1H3,(H,22,23). The number of nitrogens with one attached hydrogen (secondary N) is 1. The lowest BCUT2D eigenvalue weighted by Gasteiger charge is -2.37. The number of halogens is 1. The number of hydrogen-bond acceptors (Lipinski definition) is 6. The molecule has 29 heavy (non-hydrogen) atoms. The zero-order valence-corrected chi connectivity index (χ0v) is 17.3. The van der Waals surface area contributed by atoms with E-state index in [-0.39, 0.29) is 12.2 Å². The van der Waals surface area contributed by atoms with Crippen molar-refractivity contribution in [2.45, 2.75) is 38.5 Å². The highest BCUT2D eigenvalue weighted by Crippen LogP contribution is 2.21. The van der Waals surface area contributed by atoms with Gasteiger partial charge in [0.15, 0.2) is 5.96 Å². The van der Waals surface area contributed by atoms with Gasteiger partial charge in [0.1, 0.15) is 12.6 Å². The third kappa shape index (κ3) is 5.07. The Balaban J connectivity index is 1.42. The molecule has 0 amide bonds. The van der Waals surface area contributed by atoms with E-state index in [0.717, 1.165) is 50.6 Å². The van der Waals surface area contributed by atoms with Crippen molar-refractivity contribution in [3.05, 3.63) is 35.2 Å². The van der Waals surface area contributed by atoms with E-state index in [9.17, 15) is 0 Å². The average molecular weight is 420 g/mol. The normalized spacial score (nSPS) is 22.8. The van der Waals surface area contributed by atoms with Gasteiger partial charge in [0.25, 0.3) is 0 Å². The first-order chi connectivity index (χ1) is 14.2. The van der Waals surface area contributed by atoms with Crippen molar-refractivity contribution in [2.24, 2.45) is 4.99 Å². The fourth-order valence-electron chi connectivity index (χ4n) is 3.59. The Morgan fingerprint density at radius 3 is 2.83 bits per heavy atom. The molecule has 0 bridgehead atoms. The van der Waals surface area contributed by atoms with Gasteiger partial charge < -0.3 is 24.2 Å². The molecule has 2 aliphatic rings. The van der Waals surface area contributed by atoms with E-state index in [0.29, 0.717) is 29.9 Å². The lowest BCUT2D eigenvalue weighted by Crippen LogP contribution is -2.53. The minimum absolute atomic E-state index is 0.0787. The first-order valence-corrected chi connectivity index (χ1v) is 10.5. The summed E-state index contributed by atoms with van der Waals surface area (Å²) in [5.74, 6) is 1.82. The molecule has 9 heteroatoms. The van der Waals surface area contributed by atoms with Crippen molar-refractivity contribution < 1.29 is 14.0 Å². The van der Waals surface area contributed by atoms with Gasteiger partial charge in [0.05, 0.1) is 12.7 Å². The second kappa shape index (κ2) is 9.56. The number of hydrogen-bond donors (Lipinski definition) is 1. The zero-order chi connectivity index (χ0) is 20.1. The molecule has 2 saturated heterocycles. The summed E-state index contributed by atoms with van der Waals surface area (Å²) in [6.07, 6.45) is 2.42. The summed E-state index contributed by atoms with van der Waals surface area (Å²) in [6, 6.07) is 7.33. The number of aromatic nitrogens is 2. The summed E-state index contributed by atoms with van der Waals surface area (Å²) in [4.78, 5) is 11.4. The van der Waals surface area contributed by atoms with Crippen molar-refractivity contribution in [1.82, 2.24) is 20.4 Å². The number of aliphatic imine (C=N–C) groups is 1. The molecule has 1 aromatic heterocycles. The van der Waals surface area contributed by atoms with Crippen molar-refractivity contribution in [2.75, 3.05) is 32.8 Å². The maximum absolute atomic E-state index is 5.94.